The Kier molecular flexibility index (Phi) is 10.6. The molecule has 330 valence electrons. The van der Waals surface area contributed by atoms with Gasteiger partial charge in [0, 0.05) is 18.3 Å². The number of ether oxygens (including phenoxy) is 1. The molecule has 0 aromatic rings. The van der Waals surface area contributed by atoms with Crippen LogP contribution in [0, 0.1) is 78.8 Å². The van der Waals surface area contributed by atoms with Crippen molar-refractivity contribution in [3.05, 3.63) is 23.3 Å². The summed E-state index contributed by atoms with van der Waals surface area (Å²) in [4.78, 5) is 36.6. The lowest BCUT2D eigenvalue weighted by Crippen LogP contribution is -2.67. The molecule has 3 N–H and O–H groups in total. The van der Waals surface area contributed by atoms with E-state index in [0.29, 0.717) is 48.7 Å². The van der Waals surface area contributed by atoms with Crippen LogP contribution >= 0.6 is 0 Å². The van der Waals surface area contributed by atoms with Crippen molar-refractivity contribution in [2.24, 2.45) is 78.8 Å². The molecule has 9 rings (SSSR count). The van der Waals surface area contributed by atoms with E-state index in [2.05, 4.69) is 68.4 Å². The maximum absolute atomic E-state index is 12.8. The molecule has 7 nitrogen and oxygen atoms in total. The van der Waals surface area contributed by atoms with Crippen molar-refractivity contribution < 1.29 is 34.4 Å². The number of allylic oxidation sites excluding steroid dienone is 3. The van der Waals surface area contributed by atoms with E-state index < -0.39 is 17.5 Å². The summed E-state index contributed by atoms with van der Waals surface area (Å²) >= 11 is 0. The van der Waals surface area contributed by atoms with Crippen molar-refractivity contribution in [3.8, 4) is 0 Å². The molecule has 9 aliphatic carbocycles. The molecule has 7 saturated carbocycles. The van der Waals surface area contributed by atoms with E-state index in [9.17, 15) is 29.7 Å². The number of carboxylic acid groups (broad SMARTS) is 1. The molecule has 15 atom stereocenters. The fourth-order valence-electron chi connectivity index (χ4n) is 17.7. The van der Waals surface area contributed by atoms with Gasteiger partial charge in [0.2, 0.25) is 0 Å². The zero-order valence-corrected chi connectivity index (χ0v) is 38.6. The number of ketones is 1. The highest BCUT2D eigenvalue weighted by molar-refractivity contribution is 5.91. The predicted molar refractivity (Wildman–Crippen MR) is 231 cm³/mol. The molecule has 0 aliphatic heterocycles. The van der Waals surface area contributed by atoms with Crippen molar-refractivity contribution in [2.75, 3.05) is 0 Å². The van der Waals surface area contributed by atoms with Gasteiger partial charge in [0.15, 0.2) is 5.78 Å². The summed E-state index contributed by atoms with van der Waals surface area (Å²) in [6.07, 6.45) is 20.6. The first-order valence-corrected chi connectivity index (χ1v) is 24.2. The maximum atomic E-state index is 12.8. The maximum Gasteiger partial charge on any atom is 0.312 e. The van der Waals surface area contributed by atoms with E-state index >= 15 is 0 Å². The van der Waals surface area contributed by atoms with Gasteiger partial charge in [-0.05, 0) is 177 Å². The number of carbonyl (C=O) groups excluding carboxylic acids is 2. The lowest BCUT2D eigenvalue weighted by atomic mass is 9.33. The number of aliphatic hydroxyl groups excluding tert-OH is 2. The van der Waals surface area contributed by atoms with Crippen LogP contribution in [0.5, 0.6) is 0 Å². The van der Waals surface area contributed by atoms with Gasteiger partial charge in [-0.3, -0.25) is 14.4 Å². The van der Waals surface area contributed by atoms with Crippen molar-refractivity contribution in [2.45, 2.75) is 203 Å². The van der Waals surface area contributed by atoms with Gasteiger partial charge in [0.25, 0.3) is 0 Å². The summed E-state index contributed by atoms with van der Waals surface area (Å²) in [7, 11) is 0. The van der Waals surface area contributed by atoms with Crippen molar-refractivity contribution in [3.63, 3.8) is 0 Å². The van der Waals surface area contributed by atoms with Crippen LogP contribution in [0.4, 0.5) is 0 Å². The predicted octanol–water partition coefficient (Wildman–Crippen LogP) is 11.0. The monoisotopic (exact) mass is 817 g/mol. The fraction of sp³-hybridized carbons (Fsp3) is 0.865. The second-order valence-electron chi connectivity index (χ2n) is 24.6. The Hall–Kier alpha value is -1.99. The second kappa shape index (κ2) is 14.3. The van der Waals surface area contributed by atoms with E-state index in [4.69, 9.17) is 4.74 Å². The molecule has 0 aromatic heterocycles. The van der Waals surface area contributed by atoms with Crippen LogP contribution in [0.15, 0.2) is 23.3 Å². The third kappa shape index (κ3) is 6.15. The smallest absolute Gasteiger partial charge is 0.312 e. The lowest BCUT2D eigenvalue weighted by molar-refractivity contribution is -0.218. The average Bonchev–Trinajstić information content (AvgIpc) is 3.49. The van der Waals surface area contributed by atoms with Crippen LogP contribution in [0.1, 0.15) is 185 Å². The van der Waals surface area contributed by atoms with Crippen LogP contribution in [0.2, 0.25) is 0 Å². The van der Waals surface area contributed by atoms with Crippen LogP contribution in [0.3, 0.4) is 0 Å². The molecule has 0 bridgehead atoms. The number of hydrogen-bond acceptors (Lipinski definition) is 6. The molecular weight excluding hydrogens is 737 g/mol. The van der Waals surface area contributed by atoms with Gasteiger partial charge in [-0.15, -0.1) is 0 Å². The zero-order valence-electron chi connectivity index (χ0n) is 38.6. The third-order valence-corrected chi connectivity index (χ3v) is 21.5. The van der Waals surface area contributed by atoms with Gasteiger partial charge in [-0.1, -0.05) is 86.5 Å². The minimum atomic E-state index is -1.04. The first-order chi connectivity index (χ1) is 27.4. The molecule has 7 fully saturated rings. The Morgan fingerprint density at radius 1 is 0.746 bits per heavy atom. The average molecular weight is 817 g/mol. The van der Waals surface area contributed by atoms with Gasteiger partial charge < -0.3 is 20.1 Å². The molecule has 0 amide bonds. The first kappa shape index (κ1) is 43.7. The Labute approximate surface area is 356 Å². The van der Waals surface area contributed by atoms with Crippen molar-refractivity contribution in [1.82, 2.24) is 0 Å². The molecular formula is C52H80O7. The first-order valence-electron chi connectivity index (χ1n) is 24.2. The van der Waals surface area contributed by atoms with Gasteiger partial charge in [0.05, 0.1) is 12.2 Å². The minimum Gasteiger partial charge on any atom is -0.481 e. The number of hydrogen-bond donors (Lipinski definition) is 3. The van der Waals surface area contributed by atoms with E-state index in [0.717, 1.165) is 83.0 Å². The van der Waals surface area contributed by atoms with Gasteiger partial charge in [0.1, 0.15) is 11.5 Å². The molecule has 0 saturated heterocycles. The van der Waals surface area contributed by atoms with Crippen LogP contribution in [-0.4, -0.2) is 51.4 Å². The lowest BCUT2D eigenvalue weighted by Gasteiger charge is -2.71. The molecule has 0 aromatic carbocycles. The number of carbonyl (C=O) groups is 3. The summed E-state index contributed by atoms with van der Waals surface area (Å²) in [6.45, 7) is 23.1. The Balaban J connectivity index is 0.000000172. The topological polar surface area (TPSA) is 121 Å². The van der Waals surface area contributed by atoms with Crippen molar-refractivity contribution in [1.29, 1.82) is 0 Å². The van der Waals surface area contributed by atoms with E-state index in [1.165, 1.54) is 30.4 Å². The Morgan fingerprint density at radius 2 is 1.46 bits per heavy atom. The summed E-state index contributed by atoms with van der Waals surface area (Å²) in [5.74, 6) is 2.50. The fourth-order valence-corrected chi connectivity index (χ4v) is 17.7. The van der Waals surface area contributed by atoms with E-state index in [-0.39, 0.29) is 62.0 Å². The molecule has 0 spiro atoms. The number of rotatable bonds is 3. The molecule has 7 heteroatoms. The number of aliphatic hydroxyl groups is 2. The highest BCUT2D eigenvalue weighted by Crippen LogP contribution is 2.76. The SMILES string of the molecule is CC1(C)CCC2(C(=O)O)C(O)CC3(C)C(=CCC4C5(C)CCC(O)C(C)(C)C5CCC43C)C2C1.CCC(=O)OC1CCC2C3CCC4=CC(=O)CCC4(C)C3CCC12C. The van der Waals surface area contributed by atoms with E-state index in [1.54, 1.807) is 0 Å². The summed E-state index contributed by atoms with van der Waals surface area (Å²) in [5, 5.41) is 33.1. The Morgan fingerprint density at radius 3 is 2.15 bits per heavy atom. The minimum absolute atomic E-state index is 0.0218. The Bertz CT molecular complexity index is 1790. The normalized spacial score (nSPS) is 50.2. The summed E-state index contributed by atoms with van der Waals surface area (Å²) < 4.78 is 5.86. The highest BCUT2D eigenvalue weighted by Gasteiger charge is 2.71. The van der Waals surface area contributed by atoms with Crippen molar-refractivity contribution >= 4 is 17.7 Å². The van der Waals surface area contributed by atoms with Gasteiger partial charge in [-0.2, -0.15) is 0 Å². The van der Waals surface area contributed by atoms with Crippen LogP contribution in [0.25, 0.3) is 0 Å². The number of carboxylic acids is 1. The molecule has 0 heterocycles. The largest absolute Gasteiger partial charge is 0.481 e. The molecule has 15 unspecified atom stereocenters. The third-order valence-electron chi connectivity index (χ3n) is 21.5. The number of fused-ring (bicyclic) bond motifs is 12. The van der Waals surface area contributed by atoms with Crippen LogP contribution in [-0.2, 0) is 19.1 Å². The summed E-state index contributed by atoms with van der Waals surface area (Å²) in [6, 6.07) is 0. The quantitative estimate of drug-likeness (QED) is 0.192. The molecule has 9 aliphatic rings. The standard InChI is InChI=1S/C30H48O4.C22H32O3/c1-25(2)14-15-30(24(33)34)19(16-25)18-8-9-21-27(5)12-11-22(31)26(3,4)20(27)10-13-28(21,6)29(18,7)17-23(30)32;1-4-20(24)25-19-8-7-17-16-6-5-14-13-15(23)9-11-21(14,2)18(16)10-12-22(17,19)3/h8,19-23,31-32H,9-17H2,1-7H3,(H,33,34);13,16-19H,4-12H2,1-3H3. The highest BCUT2D eigenvalue weighted by atomic mass is 16.5. The second-order valence-corrected chi connectivity index (χ2v) is 24.6. The zero-order chi connectivity index (χ0) is 42.9. The number of aliphatic carboxylic acids is 1. The van der Waals surface area contributed by atoms with Gasteiger partial charge in [-0.25, -0.2) is 0 Å². The van der Waals surface area contributed by atoms with Gasteiger partial charge >= 0.3 is 11.9 Å². The molecule has 59 heavy (non-hydrogen) atoms. The van der Waals surface area contributed by atoms with E-state index in [1.807, 2.05) is 13.0 Å². The number of esters is 1. The van der Waals surface area contributed by atoms with Crippen LogP contribution < -0.4 is 0 Å². The summed E-state index contributed by atoms with van der Waals surface area (Å²) in [5.41, 5.74) is 2.12. The molecule has 0 radical (unpaired) electrons.